The molecule has 2 aromatic rings. The third kappa shape index (κ3) is 4.20. The summed E-state index contributed by atoms with van der Waals surface area (Å²) in [5.41, 5.74) is 0.580. The molecule has 0 aromatic carbocycles. The molecule has 0 saturated heterocycles. The zero-order valence-electron chi connectivity index (χ0n) is 13.4. The van der Waals surface area contributed by atoms with Gasteiger partial charge in [0, 0.05) is 25.0 Å². The maximum atomic E-state index is 12.1. The lowest BCUT2D eigenvalue weighted by Gasteiger charge is -2.13. The number of hydrogen-bond acceptors (Lipinski definition) is 5. The highest BCUT2D eigenvalue weighted by Crippen LogP contribution is 2.12. The Morgan fingerprint density at radius 1 is 1.33 bits per heavy atom. The average molecular weight is 350 g/mol. The van der Waals surface area contributed by atoms with Crippen molar-refractivity contribution >= 4 is 35.1 Å². The number of ether oxygens (including phenoxy) is 1. The lowest BCUT2D eigenvalue weighted by Crippen LogP contribution is -2.30. The smallest absolute Gasteiger partial charge is 0.355 e. The van der Waals surface area contributed by atoms with Crippen LogP contribution < -0.4 is 5.32 Å². The van der Waals surface area contributed by atoms with Crippen LogP contribution in [0.4, 0.5) is 5.82 Å². The fourth-order valence-corrected chi connectivity index (χ4v) is 2.02. The van der Waals surface area contributed by atoms with Crippen molar-refractivity contribution in [3.05, 3.63) is 46.9 Å². The van der Waals surface area contributed by atoms with Crippen LogP contribution in [0.3, 0.4) is 0 Å². The van der Waals surface area contributed by atoms with Gasteiger partial charge in [0.1, 0.15) is 11.5 Å². The molecule has 2 rings (SSSR count). The maximum absolute atomic E-state index is 12.1. The fourth-order valence-electron chi connectivity index (χ4n) is 1.91. The Morgan fingerprint density at radius 2 is 2.04 bits per heavy atom. The van der Waals surface area contributed by atoms with Gasteiger partial charge in [-0.05, 0) is 32.0 Å². The average Bonchev–Trinajstić information content (AvgIpc) is 2.91. The van der Waals surface area contributed by atoms with E-state index in [9.17, 15) is 14.4 Å². The van der Waals surface area contributed by atoms with Crippen molar-refractivity contribution in [2.24, 2.45) is 7.05 Å². The molecule has 7 nitrogen and oxygen atoms in total. The second-order valence-corrected chi connectivity index (χ2v) is 5.62. The van der Waals surface area contributed by atoms with Crippen molar-refractivity contribution in [3.8, 4) is 0 Å². The molecular weight excluding hydrogens is 334 g/mol. The minimum atomic E-state index is -1.04. The van der Waals surface area contributed by atoms with E-state index in [1.807, 2.05) is 0 Å². The molecule has 0 spiro atoms. The number of amides is 1. The van der Waals surface area contributed by atoms with Crippen LogP contribution in [-0.4, -0.2) is 33.3 Å². The molecule has 0 aliphatic carbocycles. The van der Waals surface area contributed by atoms with Gasteiger partial charge in [0.15, 0.2) is 11.9 Å². The molecule has 1 unspecified atom stereocenters. The molecule has 0 bridgehead atoms. The van der Waals surface area contributed by atoms with E-state index >= 15 is 0 Å². The Hall–Kier alpha value is -2.67. The number of rotatable bonds is 5. The monoisotopic (exact) mass is 349 g/mol. The number of nitrogens with zero attached hydrogens (tertiary/aromatic N) is 2. The van der Waals surface area contributed by atoms with Gasteiger partial charge in [0.05, 0.1) is 5.02 Å². The summed E-state index contributed by atoms with van der Waals surface area (Å²) in [6.45, 7) is 2.84. The summed E-state index contributed by atoms with van der Waals surface area (Å²) in [5, 5.41) is 2.96. The molecule has 2 heterocycles. The summed E-state index contributed by atoms with van der Waals surface area (Å²) < 4.78 is 6.61. The number of carbonyl (C=O) groups is 3. The quantitative estimate of drug-likeness (QED) is 0.661. The standard InChI is InChI=1S/C16H16ClN3O4/c1-9(21)11-6-13(20(3)8-11)16(23)24-10(2)15(22)19-14-5-4-12(17)7-18-14/h4-8,10H,1-3H3,(H,18,19,22). The normalized spacial score (nSPS) is 11.7. The van der Waals surface area contributed by atoms with Gasteiger partial charge in [-0.15, -0.1) is 0 Å². The summed E-state index contributed by atoms with van der Waals surface area (Å²) in [6.07, 6.45) is 1.88. The lowest BCUT2D eigenvalue weighted by atomic mass is 10.2. The molecular formula is C16H16ClN3O4. The molecule has 126 valence electrons. The molecule has 0 saturated carbocycles. The minimum Gasteiger partial charge on any atom is -0.448 e. The predicted molar refractivity (Wildman–Crippen MR) is 88.2 cm³/mol. The van der Waals surface area contributed by atoms with E-state index in [-0.39, 0.29) is 11.5 Å². The van der Waals surface area contributed by atoms with Crippen molar-refractivity contribution in [3.63, 3.8) is 0 Å². The van der Waals surface area contributed by atoms with Crippen LogP contribution in [-0.2, 0) is 16.6 Å². The SMILES string of the molecule is CC(=O)c1cc(C(=O)OC(C)C(=O)Nc2ccc(Cl)cn2)n(C)c1. The molecule has 1 N–H and O–H groups in total. The number of nitrogens with one attached hydrogen (secondary N) is 1. The number of Topliss-reactive ketones (excluding diaryl/α,β-unsaturated/α-hetero) is 1. The van der Waals surface area contributed by atoms with Crippen molar-refractivity contribution < 1.29 is 19.1 Å². The number of anilines is 1. The highest BCUT2D eigenvalue weighted by atomic mass is 35.5. The lowest BCUT2D eigenvalue weighted by molar-refractivity contribution is -0.123. The first-order valence-corrected chi connectivity index (χ1v) is 7.46. The fraction of sp³-hybridized carbons (Fsp3) is 0.250. The molecule has 1 amide bonds. The molecule has 0 fully saturated rings. The molecule has 0 aliphatic rings. The van der Waals surface area contributed by atoms with Crippen LogP contribution in [0, 0.1) is 0 Å². The summed E-state index contributed by atoms with van der Waals surface area (Å²) in [5.74, 6) is -1.09. The van der Waals surface area contributed by atoms with E-state index < -0.39 is 18.0 Å². The zero-order chi connectivity index (χ0) is 17.9. The number of halogens is 1. The van der Waals surface area contributed by atoms with Crippen molar-refractivity contribution in [2.45, 2.75) is 20.0 Å². The Bertz CT molecular complexity index is 783. The van der Waals surface area contributed by atoms with Crippen molar-refractivity contribution in [2.75, 3.05) is 5.32 Å². The second-order valence-electron chi connectivity index (χ2n) is 5.18. The highest BCUT2D eigenvalue weighted by Gasteiger charge is 2.22. The van der Waals surface area contributed by atoms with Gasteiger partial charge in [-0.2, -0.15) is 0 Å². The Balaban J connectivity index is 2.01. The van der Waals surface area contributed by atoms with Gasteiger partial charge in [0.25, 0.3) is 5.91 Å². The van der Waals surface area contributed by atoms with Crippen LogP contribution in [0.2, 0.25) is 5.02 Å². The molecule has 1 atom stereocenters. The number of carbonyl (C=O) groups excluding carboxylic acids is 3. The van der Waals surface area contributed by atoms with Crippen molar-refractivity contribution in [1.29, 1.82) is 0 Å². The zero-order valence-corrected chi connectivity index (χ0v) is 14.1. The number of aryl methyl sites for hydroxylation is 1. The third-order valence-corrected chi connectivity index (χ3v) is 3.48. The van der Waals surface area contributed by atoms with Crippen LogP contribution in [0.1, 0.15) is 34.7 Å². The molecule has 0 radical (unpaired) electrons. The van der Waals surface area contributed by atoms with E-state index in [0.29, 0.717) is 16.4 Å². The van der Waals surface area contributed by atoms with Gasteiger partial charge in [-0.25, -0.2) is 9.78 Å². The number of ketones is 1. The predicted octanol–water partition coefficient (Wildman–Crippen LogP) is 2.46. The summed E-state index contributed by atoms with van der Waals surface area (Å²) in [4.78, 5) is 39.5. The molecule has 0 aliphatic heterocycles. The van der Waals surface area contributed by atoms with E-state index in [2.05, 4.69) is 10.3 Å². The maximum Gasteiger partial charge on any atom is 0.355 e. The Morgan fingerprint density at radius 3 is 2.58 bits per heavy atom. The first-order chi connectivity index (χ1) is 11.3. The van der Waals surface area contributed by atoms with Gasteiger partial charge >= 0.3 is 5.97 Å². The Kier molecular flexibility index (Phi) is 5.35. The number of esters is 1. The largest absolute Gasteiger partial charge is 0.448 e. The van der Waals surface area contributed by atoms with Crippen LogP contribution in [0.25, 0.3) is 0 Å². The van der Waals surface area contributed by atoms with E-state index in [1.165, 1.54) is 42.9 Å². The van der Waals surface area contributed by atoms with Gasteiger partial charge in [-0.1, -0.05) is 11.6 Å². The van der Waals surface area contributed by atoms with Crippen LogP contribution in [0.5, 0.6) is 0 Å². The Labute approximate surface area is 143 Å². The first-order valence-electron chi connectivity index (χ1n) is 7.08. The van der Waals surface area contributed by atoms with E-state index in [0.717, 1.165) is 0 Å². The molecule has 24 heavy (non-hydrogen) atoms. The summed E-state index contributed by atoms with van der Waals surface area (Å²) >= 11 is 5.72. The first kappa shape index (κ1) is 17.7. The third-order valence-electron chi connectivity index (χ3n) is 3.25. The van der Waals surface area contributed by atoms with Crippen LogP contribution in [0.15, 0.2) is 30.6 Å². The topological polar surface area (TPSA) is 90.3 Å². The van der Waals surface area contributed by atoms with Gasteiger partial charge in [0.2, 0.25) is 0 Å². The minimum absolute atomic E-state index is 0.163. The van der Waals surface area contributed by atoms with Crippen molar-refractivity contribution in [1.82, 2.24) is 9.55 Å². The number of pyridine rings is 1. The van der Waals surface area contributed by atoms with Gasteiger partial charge < -0.3 is 14.6 Å². The number of aromatic nitrogens is 2. The highest BCUT2D eigenvalue weighted by molar-refractivity contribution is 6.30. The second kappa shape index (κ2) is 7.27. The molecule has 8 heteroatoms. The van der Waals surface area contributed by atoms with E-state index in [1.54, 1.807) is 13.1 Å². The van der Waals surface area contributed by atoms with E-state index in [4.69, 9.17) is 16.3 Å². The van der Waals surface area contributed by atoms with Crippen LogP contribution >= 0.6 is 11.6 Å². The number of hydrogen-bond donors (Lipinski definition) is 1. The van der Waals surface area contributed by atoms with Gasteiger partial charge in [-0.3, -0.25) is 9.59 Å². The summed E-state index contributed by atoms with van der Waals surface area (Å²) in [6, 6.07) is 4.54. The summed E-state index contributed by atoms with van der Waals surface area (Å²) in [7, 11) is 1.62. The molecule has 2 aromatic heterocycles.